The summed E-state index contributed by atoms with van der Waals surface area (Å²) in [5.74, 6) is 0.920. The summed E-state index contributed by atoms with van der Waals surface area (Å²) in [6.07, 6.45) is 3.54. The first kappa shape index (κ1) is 10.8. The standard InChI is InChI=1S/C15H14N2O/c1-11(15-7-4-8-18-15)17-13-9-12-5-2-3-6-14(12)16-10-13/h2-11,17H,1H3. The van der Waals surface area contributed by atoms with Gasteiger partial charge in [0.1, 0.15) is 5.76 Å². The molecule has 0 saturated heterocycles. The molecule has 0 radical (unpaired) electrons. The van der Waals surface area contributed by atoms with E-state index in [4.69, 9.17) is 4.42 Å². The maximum atomic E-state index is 5.37. The predicted molar refractivity (Wildman–Crippen MR) is 72.5 cm³/mol. The summed E-state index contributed by atoms with van der Waals surface area (Å²) in [6.45, 7) is 2.06. The third-order valence-corrected chi connectivity index (χ3v) is 2.94. The number of nitrogens with one attached hydrogen (secondary N) is 1. The van der Waals surface area contributed by atoms with E-state index in [0.717, 1.165) is 22.4 Å². The monoisotopic (exact) mass is 238 g/mol. The molecule has 1 unspecified atom stereocenters. The molecule has 18 heavy (non-hydrogen) atoms. The molecule has 0 amide bonds. The van der Waals surface area contributed by atoms with Crippen LogP contribution in [0.4, 0.5) is 5.69 Å². The minimum Gasteiger partial charge on any atom is -0.467 e. The van der Waals surface area contributed by atoms with E-state index < -0.39 is 0 Å². The average Bonchev–Trinajstić information content (AvgIpc) is 2.92. The molecule has 0 spiro atoms. The van der Waals surface area contributed by atoms with Crippen LogP contribution in [0, 0.1) is 0 Å². The van der Waals surface area contributed by atoms with Crippen molar-refractivity contribution in [3.63, 3.8) is 0 Å². The average molecular weight is 238 g/mol. The lowest BCUT2D eigenvalue weighted by Gasteiger charge is -2.12. The molecule has 0 bridgehead atoms. The minimum absolute atomic E-state index is 0.128. The number of hydrogen-bond donors (Lipinski definition) is 1. The van der Waals surface area contributed by atoms with Gasteiger partial charge in [0, 0.05) is 5.39 Å². The van der Waals surface area contributed by atoms with Crippen LogP contribution in [-0.4, -0.2) is 4.98 Å². The molecule has 90 valence electrons. The van der Waals surface area contributed by atoms with Gasteiger partial charge in [0.25, 0.3) is 0 Å². The molecule has 1 aromatic carbocycles. The second kappa shape index (κ2) is 4.53. The summed E-state index contributed by atoms with van der Waals surface area (Å²) in [5, 5.41) is 4.51. The van der Waals surface area contributed by atoms with E-state index in [1.807, 2.05) is 36.5 Å². The molecule has 3 aromatic rings. The molecular formula is C15H14N2O. The van der Waals surface area contributed by atoms with Crippen molar-refractivity contribution < 1.29 is 4.42 Å². The molecule has 0 aliphatic carbocycles. The number of furan rings is 1. The maximum Gasteiger partial charge on any atom is 0.125 e. The fraction of sp³-hybridized carbons (Fsp3) is 0.133. The molecule has 0 aliphatic heterocycles. The molecule has 1 atom stereocenters. The number of aromatic nitrogens is 1. The number of rotatable bonds is 3. The zero-order valence-electron chi connectivity index (χ0n) is 10.1. The number of nitrogens with zero attached hydrogens (tertiary/aromatic N) is 1. The highest BCUT2D eigenvalue weighted by molar-refractivity contribution is 5.81. The van der Waals surface area contributed by atoms with Crippen molar-refractivity contribution in [2.75, 3.05) is 5.32 Å². The van der Waals surface area contributed by atoms with E-state index >= 15 is 0 Å². The van der Waals surface area contributed by atoms with Crippen molar-refractivity contribution in [3.05, 3.63) is 60.7 Å². The van der Waals surface area contributed by atoms with Gasteiger partial charge in [-0.1, -0.05) is 18.2 Å². The summed E-state index contributed by atoms with van der Waals surface area (Å²) in [4.78, 5) is 4.42. The van der Waals surface area contributed by atoms with Crippen molar-refractivity contribution in [2.24, 2.45) is 0 Å². The van der Waals surface area contributed by atoms with Gasteiger partial charge in [0.2, 0.25) is 0 Å². The number of anilines is 1. The summed E-state index contributed by atoms with van der Waals surface area (Å²) in [5.41, 5.74) is 2.01. The largest absolute Gasteiger partial charge is 0.467 e. The molecule has 1 N–H and O–H groups in total. The lowest BCUT2D eigenvalue weighted by atomic mass is 10.2. The van der Waals surface area contributed by atoms with Gasteiger partial charge in [-0.05, 0) is 31.2 Å². The zero-order chi connectivity index (χ0) is 12.4. The van der Waals surface area contributed by atoms with Gasteiger partial charge < -0.3 is 9.73 Å². The molecule has 0 aliphatic rings. The zero-order valence-corrected chi connectivity index (χ0v) is 10.1. The summed E-state index contributed by atoms with van der Waals surface area (Å²) >= 11 is 0. The number of hydrogen-bond acceptors (Lipinski definition) is 3. The molecular weight excluding hydrogens is 224 g/mol. The molecule has 2 heterocycles. The third kappa shape index (κ3) is 2.07. The topological polar surface area (TPSA) is 38.1 Å². The van der Waals surface area contributed by atoms with Gasteiger partial charge in [-0.2, -0.15) is 0 Å². The lowest BCUT2D eigenvalue weighted by Crippen LogP contribution is -2.05. The summed E-state index contributed by atoms with van der Waals surface area (Å²) in [6, 6.07) is 14.2. The Morgan fingerprint density at radius 2 is 2.06 bits per heavy atom. The Morgan fingerprint density at radius 3 is 2.89 bits per heavy atom. The van der Waals surface area contributed by atoms with Gasteiger partial charge in [-0.25, -0.2) is 0 Å². The fourth-order valence-electron chi connectivity index (χ4n) is 2.01. The van der Waals surface area contributed by atoms with Crippen LogP contribution in [0.3, 0.4) is 0 Å². The van der Waals surface area contributed by atoms with E-state index in [0.29, 0.717) is 0 Å². The van der Waals surface area contributed by atoms with Crippen molar-refractivity contribution >= 4 is 16.6 Å². The Hall–Kier alpha value is -2.29. The molecule has 3 nitrogen and oxygen atoms in total. The van der Waals surface area contributed by atoms with Crippen LogP contribution in [0.25, 0.3) is 10.9 Å². The summed E-state index contributed by atoms with van der Waals surface area (Å²) in [7, 11) is 0. The van der Waals surface area contributed by atoms with Crippen LogP contribution >= 0.6 is 0 Å². The van der Waals surface area contributed by atoms with Gasteiger partial charge in [-0.3, -0.25) is 4.98 Å². The fourth-order valence-corrected chi connectivity index (χ4v) is 2.01. The molecule has 3 heteroatoms. The number of para-hydroxylation sites is 1. The van der Waals surface area contributed by atoms with E-state index in [-0.39, 0.29) is 6.04 Å². The van der Waals surface area contributed by atoms with E-state index in [9.17, 15) is 0 Å². The first-order valence-electron chi connectivity index (χ1n) is 5.98. The smallest absolute Gasteiger partial charge is 0.125 e. The van der Waals surface area contributed by atoms with Gasteiger partial charge in [0.05, 0.1) is 29.7 Å². The van der Waals surface area contributed by atoms with Crippen LogP contribution in [0.15, 0.2) is 59.3 Å². The number of fused-ring (bicyclic) bond motifs is 1. The van der Waals surface area contributed by atoms with Crippen LogP contribution in [-0.2, 0) is 0 Å². The Kier molecular flexibility index (Phi) is 2.73. The van der Waals surface area contributed by atoms with Crippen molar-refractivity contribution in [1.29, 1.82) is 0 Å². The van der Waals surface area contributed by atoms with Gasteiger partial charge >= 0.3 is 0 Å². The number of pyridine rings is 1. The van der Waals surface area contributed by atoms with E-state index in [1.165, 1.54) is 0 Å². The van der Waals surface area contributed by atoms with Crippen LogP contribution in [0.1, 0.15) is 18.7 Å². The normalized spacial score (nSPS) is 12.5. The first-order chi connectivity index (χ1) is 8.83. The lowest BCUT2D eigenvalue weighted by molar-refractivity contribution is 0.490. The first-order valence-corrected chi connectivity index (χ1v) is 5.98. The quantitative estimate of drug-likeness (QED) is 0.749. The highest BCUT2D eigenvalue weighted by Gasteiger charge is 2.08. The second-order valence-corrected chi connectivity index (χ2v) is 4.30. The van der Waals surface area contributed by atoms with E-state index in [2.05, 4.69) is 29.4 Å². The van der Waals surface area contributed by atoms with Crippen LogP contribution in [0.2, 0.25) is 0 Å². The van der Waals surface area contributed by atoms with E-state index in [1.54, 1.807) is 6.26 Å². The molecule has 3 rings (SSSR count). The number of benzene rings is 1. The van der Waals surface area contributed by atoms with Crippen LogP contribution < -0.4 is 5.32 Å². The Morgan fingerprint density at radius 1 is 1.17 bits per heavy atom. The molecule has 0 fully saturated rings. The van der Waals surface area contributed by atoms with Gasteiger partial charge in [-0.15, -0.1) is 0 Å². The van der Waals surface area contributed by atoms with Gasteiger partial charge in [0.15, 0.2) is 0 Å². The minimum atomic E-state index is 0.128. The highest BCUT2D eigenvalue weighted by atomic mass is 16.3. The second-order valence-electron chi connectivity index (χ2n) is 4.30. The Bertz CT molecular complexity index is 646. The third-order valence-electron chi connectivity index (χ3n) is 2.94. The van der Waals surface area contributed by atoms with Crippen molar-refractivity contribution in [3.8, 4) is 0 Å². The predicted octanol–water partition coefficient (Wildman–Crippen LogP) is 4.00. The Balaban J connectivity index is 1.86. The molecule has 2 aromatic heterocycles. The maximum absolute atomic E-state index is 5.37. The SMILES string of the molecule is CC(Nc1cnc2ccccc2c1)c1ccco1. The molecule has 0 saturated carbocycles. The van der Waals surface area contributed by atoms with Crippen molar-refractivity contribution in [1.82, 2.24) is 4.98 Å². The van der Waals surface area contributed by atoms with Crippen molar-refractivity contribution in [2.45, 2.75) is 13.0 Å². The Labute approximate surface area is 105 Å². The summed E-state index contributed by atoms with van der Waals surface area (Å²) < 4.78 is 5.37. The van der Waals surface area contributed by atoms with Crippen LogP contribution in [0.5, 0.6) is 0 Å². The highest BCUT2D eigenvalue weighted by Crippen LogP contribution is 2.21.